The average molecular weight is 785 g/mol. The van der Waals surface area contributed by atoms with Gasteiger partial charge in [0, 0.05) is 52.8 Å². The lowest BCUT2D eigenvalue weighted by Gasteiger charge is -2.17. The summed E-state index contributed by atoms with van der Waals surface area (Å²) in [5.41, 5.74) is 17.4. The SMILES string of the molecule is CC(C)=CCC/C(C)=C/CC/C(C)=C/COC(=O)CC[C@@H]1C2=C3CC(O)=C4C3=NC(=C4C)C=C3N=C(C=C4N=C(C=C(N2)[C@H]1C)C(C)=C4C(C)O)C(C)=C3CC(C)C. The molecule has 8 nitrogen and oxygen atoms in total. The summed E-state index contributed by atoms with van der Waals surface area (Å²) in [5.74, 6) is 0.466. The van der Waals surface area contributed by atoms with Crippen LogP contribution in [0.5, 0.6) is 0 Å². The van der Waals surface area contributed by atoms with E-state index in [0.717, 1.165) is 111 Å². The third kappa shape index (κ3) is 9.23. The Morgan fingerprint density at radius 2 is 1.55 bits per heavy atom. The second kappa shape index (κ2) is 18.0. The summed E-state index contributed by atoms with van der Waals surface area (Å²) in [4.78, 5) is 28.7. The number of aliphatic imine (C=N–C) groups is 3. The van der Waals surface area contributed by atoms with Gasteiger partial charge in [0.1, 0.15) is 12.4 Å². The van der Waals surface area contributed by atoms with E-state index in [1.165, 1.54) is 22.3 Å². The molecule has 5 aliphatic heterocycles. The van der Waals surface area contributed by atoms with Gasteiger partial charge in [-0.15, -0.1) is 0 Å². The van der Waals surface area contributed by atoms with Gasteiger partial charge in [-0.05, 0) is 146 Å². The first-order valence-electron chi connectivity index (χ1n) is 21.3. The van der Waals surface area contributed by atoms with Gasteiger partial charge in [-0.25, -0.2) is 15.0 Å². The van der Waals surface area contributed by atoms with Gasteiger partial charge in [-0.1, -0.05) is 49.6 Å². The Morgan fingerprint density at radius 1 is 0.879 bits per heavy atom. The molecule has 1 aliphatic carbocycles. The van der Waals surface area contributed by atoms with E-state index in [4.69, 9.17) is 19.7 Å². The predicted molar refractivity (Wildman–Crippen MR) is 238 cm³/mol. The number of aliphatic hydroxyl groups excluding tert-OH is 2. The molecule has 1 unspecified atom stereocenters. The molecule has 0 saturated carbocycles. The van der Waals surface area contributed by atoms with Gasteiger partial charge in [-0.3, -0.25) is 4.79 Å². The molecular weight excluding hydrogens is 721 g/mol. The number of carbonyl (C=O) groups excluding carboxylic acids is 1. The first-order chi connectivity index (χ1) is 27.5. The summed E-state index contributed by atoms with van der Waals surface area (Å²) in [6.07, 6.45) is 18.2. The zero-order valence-corrected chi connectivity index (χ0v) is 36.7. The molecule has 0 radical (unpaired) electrons. The van der Waals surface area contributed by atoms with E-state index in [-0.39, 0.29) is 30.8 Å². The number of hydrogen-bond donors (Lipinski definition) is 3. The molecule has 8 heteroatoms. The van der Waals surface area contributed by atoms with Crippen molar-refractivity contribution in [2.75, 3.05) is 6.61 Å². The van der Waals surface area contributed by atoms with Crippen molar-refractivity contribution in [3.8, 4) is 0 Å². The molecule has 0 spiro atoms. The smallest absolute Gasteiger partial charge is 0.306 e. The van der Waals surface area contributed by atoms with Crippen molar-refractivity contribution in [1.29, 1.82) is 0 Å². The largest absolute Gasteiger partial charge is 0.511 e. The van der Waals surface area contributed by atoms with Crippen LogP contribution in [0.3, 0.4) is 0 Å². The lowest BCUT2D eigenvalue weighted by molar-refractivity contribution is -0.142. The molecule has 3 atom stereocenters. The summed E-state index contributed by atoms with van der Waals surface area (Å²) in [6.45, 7) is 23.4. The van der Waals surface area contributed by atoms with Gasteiger partial charge in [0.05, 0.1) is 40.3 Å². The quantitative estimate of drug-likeness (QED) is 0.120. The summed E-state index contributed by atoms with van der Waals surface area (Å²) in [6, 6.07) is 0. The maximum absolute atomic E-state index is 13.2. The number of esters is 1. The lowest BCUT2D eigenvalue weighted by Crippen LogP contribution is -2.16. The standard InChI is InChI=1S/C50H64N4O4/c1-27(2)14-12-15-29(5)16-13-17-30(6)20-21-58-46(57)19-18-36-31(7)40-24-41-33(9)47(35(11)55)44(52-41)26-39-32(8)37(22-28(3)4)43(51-39)25-42-34(10)48-45(56)23-38(49(36)53-40)50(48)54-42/h14,16,20,24-26,28,31,35-36,53,55-56H,12-13,15,17-19,21-23H2,1-11H3/b29-16+,30-20+,40-24?,43-25?,44-26?,49-38?/t31-,35?,36-/m0/s1. The zero-order valence-electron chi connectivity index (χ0n) is 36.7. The van der Waals surface area contributed by atoms with Gasteiger partial charge in [0.15, 0.2) is 0 Å². The number of hydrogen-bond acceptors (Lipinski definition) is 8. The Labute approximate surface area is 346 Å². The van der Waals surface area contributed by atoms with Crippen LogP contribution in [0.2, 0.25) is 0 Å². The minimum atomic E-state index is -0.721. The first-order valence-corrected chi connectivity index (χ1v) is 21.3. The van der Waals surface area contributed by atoms with Crippen molar-refractivity contribution in [2.45, 2.75) is 134 Å². The van der Waals surface area contributed by atoms with Crippen molar-refractivity contribution in [3.63, 3.8) is 0 Å². The summed E-state index contributed by atoms with van der Waals surface area (Å²) >= 11 is 0. The van der Waals surface area contributed by atoms with Crippen LogP contribution in [0.15, 0.2) is 141 Å². The molecule has 0 aromatic carbocycles. The lowest BCUT2D eigenvalue weighted by atomic mass is 9.86. The van der Waals surface area contributed by atoms with Crippen LogP contribution in [0.4, 0.5) is 0 Å². The van der Waals surface area contributed by atoms with Gasteiger partial charge in [0.2, 0.25) is 0 Å². The van der Waals surface area contributed by atoms with Crippen LogP contribution >= 0.6 is 0 Å². The number of fused-ring (bicyclic) bond motifs is 5. The Morgan fingerprint density at radius 3 is 2.24 bits per heavy atom. The number of nitrogens with one attached hydrogen (secondary N) is 1. The third-order valence-corrected chi connectivity index (χ3v) is 12.2. The Kier molecular flexibility index (Phi) is 13.3. The Balaban J connectivity index is 1.28. The van der Waals surface area contributed by atoms with Gasteiger partial charge in [-0.2, -0.15) is 0 Å². The second-order valence-corrected chi connectivity index (χ2v) is 17.6. The summed E-state index contributed by atoms with van der Waals surface area (Å²) in [5, 5.41) is 26.3. The van der Waals surface area contributed by atoms with E-state index >= 15 is 0 Å². The van der Waals surface area contributed by atoms with Crippen LogP contribution in [0.25, 0.3) is 0 Å². The van der Waals surface area contributed by atoms with Gasteiger partial charge >= 0.3 is 5.97 Å². The fourth-order valence-electron chi connectivity index (χ4n) is 8.83. The van der Waals surface area contributed by atoms with Crippen LogP contribution in [-0.4, -0.2) is 46.0 Å². The summed E-state index contributed by atoms with van der Waals surface area (Å²) < 4.78 is 5.75. The molecule has 0 amide bonds. The first kappa shape index (κ1) is 42.8. The summed E-state index contributed by atoms with van der Waals surface area (Å²) in [7, 11) is 0. The minimum absolute atomic E-state index is 0.0122. The maximum atomic E-state index is 13.2. The van der Waals surface area contributed by atoms with Crippen LogP contribution in [0.1, 0.15) is 128 Å². The van der Waals surface area contributed by atoms with Gasteiger partial charge in [0.25, 0.3) is 0 Å². The number of ether oxygens (including phenoxy) is 1. The number of rotatable bonds is 14. The highest BCUT2D eigenvalue weighted by Gasteiger charge is 2.41. The van der Waals surface area contributed by atoms with Crippen molar-refractivity contribution >= 4 is 23.1 Å². The number of aliphatic hydroxyl groups is 2. The van der Waals surface area contributed by atoms with E-state index in [1.54, 1.807) is 6.92 Å². The highest BCUT2D eigenvalue weighted by molar-refractivity contribution is 6.21. The number of allylic oxidation sites excluding steroid dienone is 16. The van der Waals surface area contributed by atoms with Crippen molar-refractivity contribution in [2.24, 2.45) is 32.7 Å². The topological polar surface area (TPSA) is 116 Å². The average Bonchev–Trinajstić information content (AvgIpc) is 3.90. The number of carbonyl (C=O) groups is 1. The van der Waals surface area contributed by atoms with Gasteiger partial charge < -0.3 is 20.3 Å². The monoisotopic (exact) mass is 784 g/mol. The highest BCUT2D eigenvalue weighted by atomic mass is 16.5. The molecule has 6 rings (SSSR count). The molecule has 8 bridgehead atoms. The van der Waals surface area contributed by atoms with Crippen LogP contribution < -0.4 is 5.32 Å². The molecule has 5 heterocycles. The van der Waals surface area contributed by atoms with Crippen molar-refractivity contribution in [1.82, 2.24) is 5.32 Å². The van der Waals surface area contributed by atoms with Crippen LogP contribution in [0, 0.1) is 17.8 Å². The Bertz CT molecular complexity index is 2210. The molecule has 1 fully saturated rings. The molecule has 58 heavy (non-hydrogen) atoms. The third-order valence-electron chi connectivity index (χ3n) is 12.2. The molecule has 308 valence electrons. The minimum Gasteiger partial charge on any atom is -0.511 e. The highest BCUT2D eigenvalue weighted by Crippen LogP contribution is 2.46. The van der Waals surface area contributed by atoms with Crippen molar-refractivity contribution < 1.29 is 19.7 Å². The van der Waals surface area contributed by atoms with E-state index < -0.39 is 6.10 Å². The molecule has 1 saturated heterocycles. The fraction of sp³-hybridized carbons (Fsp3) is 0.480. The van der Waals surface area contributed by atoms with E-state index in [2.05, 4.69) is 85.0 Å². The van der Waals surface area contributed by atoms with E-state index in [1.807, 2.05) is 26.0 Å². The molecule has 0 aromatic heterocycles. The second-order valence-electron chi connectivity index (χ2n) is 17.6. The molecular formula is C50H64N4O4. The normalized spacial score (nSPS) is 22.4. The van der Waals surface area contributed by atoms with Crippen molar-refractivity contribution in [3.05, 3.63) is 126 Å². The predicted octanol–water partition coefficient (Wildman–Crippen LogP) is 11.4. The Hall–Kier alpha value is -4.82. The zero-order chi connectivity index (χ0) is 42.0. The van der Waals surface area contributed by atoms with Crippen LogP contribution in [-0.2, 0) is 9.53 Å². The van der Waals surface area contributed by atoms with E-state index in [0.29, 0.717) is 24.5 Å². The molecule has 3 N–H and O–H groups in total. The fourth-order valence-corrected chi connectivity index (χ4v) is 8.83. The molecule has 6 aliphatic rings. The molecule has 0 aromatic rings. The van der Waals surface area contributed by atoms with E-state index in [9.17, 15) is 15.0 Å². The maximum Gasteiger partial charge on any atom is 0.306 e. The number of nitrogens with zero attached hydrogens (tertiary/aromatic N) is 3.